The van der Waals surface area contributed by atoms with Crippen molar-refractivity contribution in [3.63, 3.8) is 0 Å². The minimum Gasteiger partial charge on any atom is -0.354 e. The maximum absolute atomic E-state index is 13.7. The van der Waals surface area contributed by atoms with E-state index in [4.69, 9.17) is 11.6 Å². The first-order chi connectivity index (χ1) is 18.0. The summed E-state index contributed by atoms with van der Waals surface area (Å²) in [5.74, 6) is 0.731. The lowest BCUT2D eigenvalue weighted by Crippen LogP contribution is -2.50. The van der Waals surface area contributed by atoms with Gasteiger partial charge in [-0.15, -0.1) is 11.8 Å². The largest absolute Gasteiger partial charge is 0.354 e. The molecule has 0 bridgehead atoms. The van der Waals surface area contributed by atoms with Gasteiger partial charge < -0.3 is 10.2 Å². The molecule has 2 amide bonds. The van der Waals surface area contributed by atoms with Crippen molar-refractivity contribution in [2.24, 2.45) is 0 Å². The summed E-state index contributed by atoms with van der Waals surface area (Å²) in [7, 11) is 0. The molecule has 1 N–H and O–H groups in total. The second-order valence-corrected chi connectivity index (χ2v) is 10.9. The molecule has 0 fully saturated rings. The zero-order valence-electron chi connectivity index (χ0n) is 21.8. The van der Waals surface area contributed by atoms with E-state index >= 15 is 0 Å². The van der Waals surface area contributed by atoms with Crippen LogP contribution in [0.25, 0.3) is 0 Å². The fourth-order valence-electron chi connectivity index (χ4n) is 4.04. The number of carbonyl (C=O) groups excluding carboxylic acids is 2. The molecule has 0 aliphatic heterocycles. The van der Waals surface area contributed by atoms with Gasteiger partial charge >= 0.3 is 0 Å². The highest BCUT2D eigenvalue weighted by atomic mass is 35.5. The van der Waals surface area contributed by atoms with Crippen molar-refractivity contribution in [1.82, 2.24) is 10.2 Å². The Kier molecular flexibility index (Phi) is 12.1. The molecule has 4 nitrogen and oxygen atoms in total. The standard InChI is InChI=1S/C31H37ClN2O2S/c1-3-4-20-33-31(36)29(22-25-9-6-5-7-10-25)34(23-26-14-12-24(2)13-15-26)30(35)11-8-21-37-28-18-16-27(32)17-19-28/h5-7,9-10,12-19,29H,3-4,8,11,20-23H2,1-2H3,(H,33,36)/t29-/m1/s1. The Balaban J connectivity index is 1.76. The summed E-state index contributed by atoms with van der Waals surface area (Å²) in [5, 5.41) is 3.80. The summed E-state index contributed by atoms with van der Waals surface area (Å²) in [6.45, 7) is 5.17. The van der Waals surface area contributed by atoms with Crippen molar-refractivity contribution >= 4 is 35.2 Å². The first-order valence-corrected chi connectivity index (χ1v) is 14.4. The second-order valence-electron chi connectivity index (χ2n) is 9.26. The Hall–Kier alpha value is -2.76. The van der Waals surface area contributed by atoms with Crippen molar-refractivity contribution in [3.8, 4) is 0 Å². The van der Waals surface area contributed by atoms with Crippen molar-refractivity contribution in [3.05, 3.63) is 101 Å². The molecule has 3 aromatic carbocycles. The minimum atomic E-state index is -0.572. The Morgan fingerprint density at radius 1 is 0.919 bits per heavy atom. The van der Waals surface area contributed by atoms with Crippen LogP contribution in [0, 0.1) is 6.92 Å². The highest BCUT2D eigenvalue weighted by molar-refractivity contribution is 7.99. The third-order valence-electron chi connectivity index (χ3n) is 6.19. The number of nitrogens with zero attached hydrogens (tertiary/aromatic N) is 1. The molecule has 3 aromatic rings. The van der Waals surface area contributed by atoms with E-state index in [0.717, 1.165) is 41.0 Å². The monoisotopic (exact) mass is 536 g/mol. The molecule has 3 rings (SSSR count). The SMILES string of the molecule is CCCCNC(=O)[C@@H](Cc1ccccc1)N(Cc1ccc(C)cc1)C(=O)CCCSc1ccc(Cl)cc1. The molecule has 196 valence electrons. The third kappa shape index (κ3) is 9.90. The Morgan fingerprint density at radius 2 is 1.62 bits per heavy atom. The van der Waals surface area contributed by atoms with Crippen LogP contribution >= 0.6 is 23.4 Å². The van der Waals surface area contributed by atoms with Crippen LogP contribution in [0.15, 0.2) is 83.8 Å². The fraction of sp³-hybridized carbons (Fsp3) is 0.355. The summed E-state index contributed by atoms with van der Waals surface area (Å²) < 4.78 is 0. The quantitative estimate of drug-likeness (QED) is 0.177. The molecule has 0 radical (unpaired) electrons. The molecule has 0 saturated carbocycles. The lowest BCUT2D eigenvalue weighted by molar-refractivity contribution is -0.141. The van der Waals surface area contributed by atoms with Gasteiger partial charge in [0, 0.05) is 35.8 Å². The Morgan fingerprint density at radius 3 is 2.30 bits per heavy atom. The third-order valence-corrected chi connectivity index (χ3v) is 7.54. The summed E-state index contributed by atoms with van der Waals surface area (Å²) in [4.78, 5) is 30.0. The molecule has 0 saturated heterocycles. The zero-order valence-corrected chi connectivity index (χ0v) is 23.4. The maximum Gasteiger partial charge on any atom is 0.243 e. The topological polar surface area (TPSA) is 49.4 Å². The lowest BCUT2D eigenvalue weighted by Gasteiger charge is -2.31. The van der Waals surface area contributed by atoms with Gasteiger partial charge in [0.2, 0.25) is 11.8 Å². The second kappa shape index (κ2) is 15.5. The molecule has 0 unspecified atom stereocenters. The number of thioether (sulfide) groups is 1. The normalized spacial score (nSPS) is 11.6. The summed E-state index contributed by atoms with van der Waals surface area (Å²) in [5.41, 5.74) is 3.23. The number of carbonyl (C=O) groups is 2. The number of hydrogen-bond donors (Lipinski definition) is 1. The summed E-state index contributed by atoms with van der Waals surface area (Å²) in [6.07, 6.45) is 3.51. The molecular weight excluding hydrogens is 500 g/mol. The first-order valence-electron chi connectivity index (χ1n) is 13.0. The Labute approximate surface area is 230 Å². The number of halogens is 1. The predicted octanol–water partition coefficient (Wildman–Crippen LogP) is 7.08. The number of hydrogen-bond acceptors (Lipinski definition) is 3. The van der Waals surface area contributed by atoms with E-state index in [0.29, 0.717) is 31.0 Å². The molecule has 0 heterocycles. The van der Waals surface area contributed by atoms with Crippen LogP contribution < -0.4 is 5.32 Å². The van der Waals surface area contributed by atoms with Gasteiger partial charge in [0.05, 0.1) is 0 Å². The first kappa shape index (κ1) is 28.8. The van der Waals surface area contributed by atoms with Gasteiger partial charge in [-0.2, -0.15) is 0 Å². The van der Waals surface area contributed by atoms with E-state index in [9.17, 15) is 9.59 Å². The van der Waals surface area contributed by atoms with E-state index in [1.54, 1.807) is 16.7 Å². The van der Waals surface area contributed by atoms with Crippen LogP contribution in [0.2, 0.25) is 5.02 Å². The zero-order chi connectivity index (χ0) is 26.5. The molecular formula is C31H37ClN2O2S. The summed E-state index contributed by atoms with van der Waals surface area (Å²) in [6, 6.07) is 25.3. The molecule has 0 aromatic heterocycles. The Bertz CT molecular complexity index is 1100. The van der Waals surface area contributed by atoms with Gasteiger partial charge in [-0.3, -0.25) is 9.59 Å². The number of aryl methyl sites for hydroxylation is 1. The van der Waals surface area contributed by atoms with Crippen LogP contribution in [0.3, 0.4) is 0 Å². The van der Waals surface area contributed by atoms with Crippen molar-refractivity contribution < 1.29 is 9.59 Å². The van der Waals surface area contributed by atoms with Crippen molar-refractivity contribution in [1.29, 1.82) is 0 Å². The summed E-state index contributed by atoms with van der Waals surface area (Å²) >= 11 is 7.70. The van der Waals surface area contributed by atoms with Crippen LogP contribution in [0.1, 0.15) is 49.3 Å². The van der Waals surface area contributed by atoms with Gasteiger partial charge in [-0.05, 0) is 60.9 Å². The number of amides is 2. The van der Waals surface area contributed by atoms with Gasteiger partial charge in [0.15, 0.2) is 0 Å². The van der Waals surface area contributed by atoms with Gasteiger partial charge in [-0.25, -0.2) is 0 Å². The van der Waals surface area contributed by atoms with Crippen LogP contribution in [-0.2, 0) is 22.6 Å². The van der Waals surface area contributed by atoms with E-state index in [1.165, 1.54) is 5.56 Å². The number of rotatable bonds is 14. The van der Waals surface area contributed by atoms with Crippen LogP contribution in [0.4, 0.5) is 0 Å². The number of unbranched alkanes of at least 4 members (excludes halogenated alkanes) is 1. The van der Waals surface area contributed by atoms with Gasteiger partial charge in [-0.1, -0.05) is 85.1 Å². The highest BCUT2D eigenvalue weighted by Crippen LogP contribution is 2.22. The fourth-order valence-corrected chi connectivity index (χ4v) is 5.02. The van der Waals surface area contributed by atoms with Gasteiger partial charge in [0.25, 0.3) is 0 Å². The van der Waals surface area contributed by atoms with Crippen molar-refractivity contribution in [2.45, 2.75) is 63.4 Å². The van der Waals surface area contributed by atoms with Crippen LogP contribution in [-0.4, -0.2) is 35.1 Å². The van der Waals surface area contributed by atoms with E-state index in [1.807, 2.05) is 85.8 Å². The molecule has 6 heteroatoms. The van der Waals surface area contributed by atoms with Crippen LogP contribution in [0.5, 0.6) is 0 Å². The molecule has 0 aliphatic carbocycles. The lowest BCUT2D eigenvalue weighted by atomic mass is 10.0. The predicted molar refractivity (Wildman–Crippen MR) is 155 cm³/mol. The average molecular weight is 537 g/mol. The van der Waals surface area contributed by atoms with Crippen molar-refractivity contribution in [2.75, 3.05) is 12.3 Å². The molecule has 1 atom stereocenters. The van der Waals surface area contributed by atoms with E-state index in [2.05, 4.69) is 12.2 Å². The molecule has 37 heavy (non-hydrogen) atoms. The highest BCUT2D eigenvalue weighted by Gasteiger charge is 2.30. The maximum atomic E-state index is 13.7. The van der Waals surface area contributed by atoms with E-state index < -0.39 is 6.04 Å². The number of benzene rings is 3. The average Bonchev–Trinajstić information content (AvgIpc) is 2.91. The number of nitrogens with one attached hydrogen (secondary N) is 1. The smallest absolute Gasteiger partial charge is 0.243 e. The van der Waals surface area contributed by atoms with Gasteiger partial charge in [0.1, 0.15) is 6.04 Å². The minimum absolute atomic E-state index is 0.00357. The van der Waals surface area contributed by atoms with E-state index in [-0.39, 0.29) is 11.8 Å². The molecule has 0 spiro atoms. The molecule has 0 aliphatic rings.